The van der Waals surface area contributed by atoms with Gasteiger partial charge in [0.2, 0.25) is 5.91 Å². The molecule has 1 amide bonds. The Labute approximate surface area is 243 Å². The fourth-order valence-electron chi connectivity index (χ4n) is 6.20. The normalized spacial score (nSPS) is 24.6. The number of anilines is 1. The number of aliphatic hydroxyl groups excluding tert-OH is 1. The second-order valence-corrected chi connectivity index (χ2v) is 11.3. The maximum Gasteiger partial charge on any atom is 0.419 e. The number of piperazine rings is 1. The van der Waals surface area contributed by atoms with Gasteiger partial charge in [-0.2, -0.15) is 13.2 Å². The van der Waals surface area contributed by atoms with Gasteiger partial charge in [-0.15, -0.1) is 24.8 Å². The molecule has 0 saturated carbocycles. The Hall–Kier alpha value is -2.21. The topological polar surface area (TPSA) is 81.6 Å². The quantitative estimate of drug-likeness (QED) is 0.477. The van der Waals surface area contributed by atoms with Crippen LogP contribution < -0.4 is 10.2 Å². The van der Waals surface area contributed by atoms with Crippen molar-refractivity contribution in [2.75, 3.05) is 31.1 Å². The van der Waals surface area contributed by atoms with E-state index in [0.717, 1.165) is 29.9 Å². The minimum Gasteiger partial charge on any atom is -0.387 e. The molecule has 222 valence electrons. The van der Waals surface area contributed by atoms with Crippen molar-refractivity contribution in [1.82, 2.24) is 20.2 Å². The fourth-order valence-corrected chi connectivity index (χ4v) is 6.20. The van der Waals surface area contributed by atoms with E-state index in [-0.39, 0.29) is 53.8 Å². The Morgan fingerprint density at radius 2 is 1.82 bits per heavy atom. The lowest BCUT2D eigenvalue weighted by Gasteiger charge is -2.39. The van der Waals surface area contributed by atoms with Crippen LogP contribution in [0.4, 0.5) is 23.4 Å². The van der Waals surface area contributed by atoms with Crippen molar-refractivity contribution >= 4 is 36.5 Å². The number of hydrogen-bond donors (Lipinski definition) is 2. The van der Waals surface area contributed by atoms with Crippen LogP contribution in [0, 0.1) is 5.82 Å². The van der Waals surface area contributed by atoms with Gasteiger partial charge in [-0.05, 0) is 56.7 Å². The van der Waals surface area contributed by atoms with Gasteiger partial charge in [-0.25, -0.2) is 14.4 Å². The van der Waals surface area contributed by atoms with Crippen molar-refractivity contribution < 1.29 is 27.5 Å². The largest absolute Gasteiger partial charge is 0.419 e. The van der Waals surface area contributed by atoms with E-state index in [1.807, 2.05) is 20.8 Å². The molecule has 2 unspecified atom stereocenters. The fraction of sp³-hybridized carbons (Fsp3) is 0.593. The van der Waals surface area contributed by atoms with Crippen LogP contribution in [0.5, 0.6) is 0 Å². The first-order valence-corrected chi connectivity index (χ1v) is 13.1. The third kappa shape index (κ3) is 6.17. The summed E-state index contributed by atoms with van der Waals surface area (Å²) in [5, 5.41) is 13.7. The zero-order valence-electron chi connectivity index (χ0n) is 22.5. The van der Waals surface area contributed by atoms with Crippen LogP contribution >= 0.6 is 24.8 Å². The molecule has 2 N–H and O–H groups in total. The van der Waals surface area contributed by atoms with Crippen LogP contribution in [-0.4, -0.2) is 63.6 Å². The zero-order chi connectivity index (χ0) is 27.4. The highest BCUT2D eigenvalue weighted by Crippen LogP contribution is 2.43. The van der Waals surface area contributed by atoms with Crippen molar-refractivity contribution in [3.8, 4) is 0 Å². The second-order valence-electron chi connectivity index (χ2n) is 11.3. The lowest BCUT2D eigenvalue weighted by atomic mass is 9.87. The zero-order valence-corrected chi connectivity index (χ0v) is 24.2. The van der Waals surface area contributed by atoms with E-state index in [2.05, 4.69) is 20.2 Å². The van der Waals surface area contributed by atoms with E-state index in [9.17, 15) is 27.5 Å². The number of halogens is 6. The van der Waals surface area contributed by atoms with Gasteiger partial charge >= 0.3 is 6.18 Å². The van der Waals surface area contributed by atoms with E-state index in [0.29, 0.717) is 44.7 Å². The maximum absolute atomic E-state index is 14.1. The molecule has 1 aromatic carbocycles. The molecule has 0 bridgehead atoms. The number of aliphatic hydroxyl groups is 1. The highest BCUT2D eigenvalue weighted by molar-refractivity contribution is 5.86. The third-order valence-electron chi connectivity index (χ3n) is 8.15. The minimum absolute atomic E-state index is 0. The van der Waals surface area contributed by atoms with Gasteiger partial charge in [-0.1, -0.05) is 13.0 Å². The molecule has 4 atom stereocenters. The summed E-state index contributed by atoms with van der Waals surface area (Å²) in [4.78, 5) is 26.4. The average molecular weight is 609 g/mol. The number of fused-ring (bicyclic) bond motifs is 1. The standard InChI is InChI=1S/C27H33F4N5O2.2ClH/c1-15-12-20(37)23-21(15)24(33-14-32-23)35-8-10-36(11-9-35)25(38)22(19-6-7-26(2,3)34-19)16-4-5-18(28)17(13-16)27(29,30)31;;/h4-5,13-15,19-20,22,34,37H,6-12H2,1-3H3;2*1H/t15-,19?,20-,22?;;/m1../s1. The van der Waals surface area contributed by atoms with E-state index >= 15 is 0 Å². The molecule has 1 aromatic heterocycles. The Morgan fingerprint density at radius 1 is 1.15 bits per heavy atom. The summed E-state index contributed by atoms with van der Waals surface area (Å²) >= 11 is 0. The van der Waals surface area contributed by atoms with Crippen LogP contribution in [0.15, 0.2) is 24.5 Å². The van der Waals surface area contributed by atoms with E-state index in [1.165, 1.54) is 12.4 Å². The molecule has 2 fully saturated rings. The molecule has 40 heavy (non-hydrogen) atoms. The average Bonchev–Trinajstić information content (AvgIpc) is 3.37. The molecule has 2 aromatic rings. The smallest absolute Gasteiger partial charge is 0.387 e. The summed E-state index contributed by atoms with van der Waals surface area (Å²) < 4.78 is 54.6. The SMILES string of the molecule is C[C@@H]1C[C@@H](O)c2ncnc(N3CCN(C(=O)C(c4ccc(F)c(C(F)(F)F)c4)C4CCC(C)(C)N4)CC3)c21.Cl.Cl. The molecule has 7 nitrogen and oxygen atoms in total. The summed E-state index contributed by atoms with van der Waals surface area (Å²) in [7, 11) is 0. The predicted octanol–water partition coefficient (Wildman–Crippen LogP) is 4.98. The summed E-state index contributed by atoms with van der Waals surface area (Å²) in [6.45, 7) is 7.74. The Bertz CT molecular complexity index is 1220. The van der Waals surface area contributed by atoms with Gasteiger partial charge in [-0.3, -0.25) is 4.79 Å². The Kier molecular flexibility index (Phi) is 9.65. The molecule has 0 spiro atoms. The van der Waals surface area contributed by atoms with E-state index in [1.54, 1.807) is 4.90 Å². The van der Waals surface area contributed by atoms with E-state index < -0.39 is 29.6 Å². The highest BCUT2D eigenvalue weighted by atomic mass is 35.5. The van der Waals surface area contributed by atoms with Crippen LogP contribution in [0.1, 0.15) is 80.4 Å². The third-order valence-corrected chi connectivity index (χ3v) is 8.15. The molecule has 0 radical (unpaired) electrons. The summed E-state index contributed by atoms with van der Waals surface area (Å²) in [5.74, 6) is -1.62. The first-order chi connectivity index (χ1) is 17.9. The summed E-state index contributed by atoms with van der Waals surface area (Å²) in [5.41, 5.74) is 0.124. The van der Waals surface area contributed by atoms with Crippen LogP contribution in [0.2, 0.25) is 0 Å². The maximum atomic E-state index is 14.1. The van der Waals surface area contributed by atoms with E-state index in [4.69, 9.17) is 0 Å². The number of carbonyl (C=O) groups excluding carboxylic acids is 1. The van der Waals surface area contributed by atoms with Gasteiger partial charge in [0.1, 0.15) is 18.0 Å². The number of hydrogen-bond acceptors (Lipinski definition) is 6. The van der Waals surface area contributed by atoms with Crippen molar-refractivity contribution in [3.05, 3.63) is 52.7 Å². The molecular formula is C27H35Cl2F4N5O2. The van der Waals surface area contributed by atoms with Gasteiger partial charge in [0, 0.05) is 43.3 Å². The van der Waals surface area contributed by atoms with Gasteiger partial charge < -0.3 is 20.2 Å². The van der Waals surface area contributed by atoms with Gasteiger partial charge in [0.15, 0.2) is 0 Å². The molecule has 2 saturated heterocycles. The second kappa shape index (κ2) is 12.0. The van der Waals surface area contributed by atoms with Crippen molar-refractivity contribution in [1.29, 1.82) is 0 Å². The molecule has 3 aliphatic rings. The number of aromatic nitrogens is 2. The minimum atomic E-state index is -4.86. The summed E-state index contributed by atoms with van der Waals surface area (Å²) in [6.07, 6.45) is -2.05. The number of carbonyl (C=O) groups is 1. The molecule has 5 rings (SSSR count). The van der Waals surface area contributed by atoms with Crippen LogP contribution in [0.3, 0.4) is 0 Å². The first-order valence-electron chi connectivity index (χ1n) is 13.1. The molecule has 3 heterocycles. The number of benzene rings is 1. The lowest BCUT2D eigenvalue weighted by molar-refractivity contribution is -0.140. The molecular weight excluding hydrogens is 573 g/mol. The lowest BCUT2D eigenvalue weighted by Crippen LogP contribution is -2.53. The Morgan fingerprint density at radius 3 is 2.42 bits per heavy atom. The predicted molar refractivity (Wildman–Crippen MR) is 148 cm³/mol. The number of alkyl halides is 3. The van der Waals surface area contributed by atoms with Crippen LogP contribution in [0.25, 0.3) is 0 Å². The number of nitrogens with zero attached hydrogens (tertiary/aromatic N) is 4. The number of nitrogens with one attached hydrogen (secondary N) is 1. The monoisotopic (exact) mass is 607 g/mol. The molecule has 13 heteroatoms. The highest BCUT2D eigenvalue weighted by Gasteiger charge is 2.43. The Balaban J connectivity index is 0.00000220. The van der Waals surface area contributed by atoms with Crippen molar-refractivity contribution in [3.63, 3.8) is 0 Å². The van der Waals surface area contributed by atoms with Gasteiger partial charge in [0.25, 0.3) is 0 Å². The summed E-state index contributed by atoms with van der Waals surface area (Å²) in [6, 6.07) is 2.53. The molecule has 2 aliphatic heterocycles. The number of rotatable bonds is 4. The number of amides is 1. The molecule has 1 aliphatic carbocycles. The first kappa shape index (κ1) is 32.3. The van der Waals surface area contributed by atoms with Crippen molar-refractivity contribution in [2.24, 2.45) is 0 Å². The van der Waals surface area contributed by atoms with Gasteiger partial charge in [0.05, 0.1) is 23.3 Å². The van der Waals surface area contributed by atoms with Crippen molar-refractivity contribution in [2.45, 2.75) is 75.7 Å². The van der Waals surface area contributed by atoms with Crippen LogP contribution in [-0.2, 0) is 11.0 Å².